The third-order valence-electron chi connectivity index (χ3n) is 2.35. The van der Waals surface area contributed by atoms with Gasteiger partial charge >= 0.3 is 0 Å². The molecule has 0 aliphatic rings. The van der Waals surface area contributed by atoms with Crippen LogP contribution in [0.5, 0.6) is 0 Å². The van der Waals surface area contributed by atoms with Crippen molar-refractivity contribution < 1.29 is 9.18 Å². The van der Waals surface area contributed by atoms with Gasteiger partial charge in [-0.25, -0.2) is 4.39 Å². The molecule has 0 bridgehead atoms. The fraction of sp³-hybridized carbons (Fsp3) is 0. The number of hydrogen-bond donors (Lipinski definition) is 1. The number of carbonyl (C=O) groups excluding carboxylic acids is 1. The number of benzene rings is 2. The predicted octanol–water partition coefficient (Wildman–Crippen LogP) is 5.21. The molecule has 1 amide bonds. The van der Waals surface area contributed by atoms with Gasteiger partial charge in [-0.1, -0.05) is 0 Å². The van der Waals surface area contributed by atoms with E-state index < -0.39 is 0 Å². The van der Waals surface area contributed by atoms with Crippen LogP contribution in [0, 0.1) is 9.39 Å². The highest BCUT2D eigenvalue weighted by Gasteiger charge is 2.12. The third kappa shape index (κ3) is 3.76. The summed E-state index contributed by atoms with van der Waals surface area (Å²) in [7, 11) is 0. The molecule has 0 unspecified atom stereocenters. The minimum atomic E-state index is -0.361. The largest absolute Gasteiger partial charge is 0.321 e. The van der Waals surface area contributed by atoms with Crippen molar-refractivity contribution >= 4 is 66.0 Å². The number of hydrogen-bond acceptors (Lipinski definition) is 1. The van der Waals surface area contributed by atoms with Gasteiger partial charge in [0.1, 0.15) is 5.82 Å². The lowest BCUT2D eigenvalue weighted by Crippen LogP contribution is -2.13. The topological polar surface area (TPSA) is 29.1 Å². The van der Waals surface area contributed by atoms with Gasteiger partial charge in [-0.15, -0.1) is 0 Å². The van der Waals surface area contributed by atoms with Crippen LogP contribution >= 0.6 is 54.5 Å². The quantitative estimate of drug-likeness (QED) is 0.566. The highest BCUT2D eigenvalue weighted by molar-refractivity contribution is 14.1. The Morgan fingerprint density at radius 1 is 1.11 bits per heavy atom. The Morgan fingerprint density at radius 2 is 1.84 bits per heavy atom. The van der Waals surface area contributed by atoms with Gasteiger partial charge in [-0.05, 0) is 90.8 Å². The van der Waals surface area contributed by atoms with Gasteiger partial charge in [0.25, 0.3) is 5.91 Å². The lowest BCUT2D eigenvalue weighted by atomic mass is 10.2. The molecule has 0 saturated carbocycles. The molecular formula is C13H7Br2FINO. The van der Waals surface area contributed by atoms with E-state index in [9.17, 15) is 9.18 Å². The summed E-state index contributed by atoms with van der Waals surface area (Å²) in [5, 5.41) is 2.74. The summed E-state index contributed by atoms with van der Waals surface area (Å²) >= 11 is 8.69. The van der Waals surface area contributed by atoms with Crippen molar-refractivity contribution in [3.63, 3.8) is 0 Å². The van der Waals surface area contributed by atoms with Crippen LogP contribution < -0.4 is 5.32 Å². The van der Waals surface area contributed by atoms with Crippen molar-refractivity contribution in [3.8, 4) is 0 Å². The van der Waals surface area contributed by atoms with Crippen LogP contribution in [-0.4, -0.2) is 5.91 Å². The Kier molecular flexibility index (Phi) is 4.97. The minimum Gasteiger partial charge on any atom is -0.321 e. The van der Waals surface area contributed by atoms with Crippen LogP contribution in [0.25, 0.3) is 0 Å². The fourth-order valence-electron chi connectivity index (χ4n) is 1.45. The van der Waals surface area contributed by atoms with Crippen LogP contribution in [0.4, 0.5) is 10.1 Å². The minimum absolute atomic E-state index is 0.252. The second-order valence-electron chi connectivity index (χ2n) is 3.70. The molecule has 0 aliphatic carbocycles. The van der Waals surface area contributed by atoms with E-state index >= 15 is 0 Å². The van der Waals surface area contributed by atoms with Gasteiger partial charge in [0, 0.05) is 12.5 Å². The summed E-state index contributed by atoms with van der Waals surface area (Å²) in [6, 6.07) is 9.60. The Morgan fingerprint density at radius 3 is 2.53 bits per heavy atom. The summed E-state index contributed by atoms with van der Waals surface area (Å²) in [5.74, 6) is -0.613. The normalized spacial score (nSPS) is 10.3. The summed E-state index contributed by atoms with van der Waals surface area (Å²) in [4.78, 5) is 12.2. The molecule has 6 heteroatoms. The molecule has 0 radical (unpaired) electrons. The van der Waals surface area contributed by atoms with Crippen molar-refractivity contribution in [1.82, 2.24) is 0 Å². The van der Waals surface area contributed by atoms with Gasteiger partial charge in [0.05, 0.1) is 11.3 Å². The van der Waals surface area contributed by atoms with E-state index in [1.807, 2.05) is 12.1 Å². The van der Waals surface area contributed by atoms with E-state index in [-0.39, 0.29) is 11.7 Å². The number of nitrogens with one attached hydrogen (secondary N) is 1. The van der Waals surface area contributed by atoms with Crippen molar-refractivity contribution in [2.24, 2.45) is 0 Å². The molecule has 2 rings (SSSR count). The molecule has 2 aromatic carbocycles. The molecule has 98 valence electrons. The number of amides is 1. The van der Waals surface area contributed by atoms with Crippen molar-refractivity contribution in [2.75, 3.05) is 5.32 Å². The number of carbonyl (C=O) groups is 1. The fourth-order valence-corrected chi connectivity index (χ4v) is 2.82. The highest BCUT2D eigenvalue weighted by atomic mass is 127. The molecule has 0 fully saturated rings. The van der Waals surface area contributed by atoms with Gasteiger partial charge in [-0.2, -0.15) is 0 Å². The van der Waals surface area contributed by atoms with Crippen LogP contribution in [0.1, 0.15) is 10.4 Å². The number of halogens is 4. The summed E-state index contributed by atoms with van der Waals surface area (Å²) in [5.41, 5.74) is 1.06. The number of anilines is 1. The van der Waals surface area contributed by atoms with Gasteiger partial charge in [-0.3, -0.25) is 4.79 Å². The summed E-state index contributed by atoms with van der Waals surface area (Å²) in [6.45, 7) is 0. The first-order valence-electron chi connectivity index (χ1n) is 5.19. The molecule has 19 heavy (non-hydrogen) atoms. The summed E-state index contributed by atoms with van der Waals surface area (Å²) < 4.78 is 15.1. The molecule has 0 aromatic heterocycles. The van der Waals surface area contributed by atoms with E-state index in [1.165, 1.54) is 18.2 Å². The van der Waals surface area contributed by atoms with Crippen LogP contribution in [0.3, 0.4) is 0 Å². The van der Waals surface area contributed by atoms with Crippen molar-refractivity contribution in [3.05, 3.63) is 60.3 Å². The molecule has 0 aliphatic heterocycles. The molecule has 0 heterocycles. The third-order valence-corrected chi connectivity index (χ3v) is 4.37. The molecule has 0 spiro atoms. The van der Waals surface area contributed by atoms with Crippen molar-refractivity contribution in [1.29, 1.82) is 0 Å². The number of rotatable bonds is 2. The zero-order valence-electron chi connectivity index (χ0n) is 9.38. The molecular weight excluding hydrogens is 492 g/mol. The van der Waals surface area contributed by atoms with E-state index in [0.29, 0.717) is 20.2 Å². The monoisotopic (exact) mass is 497 g/mol. The average Bonchev–Trinajstić information content (AvgIpc) is 2.35. The Bertz CT molecular complexity index is 649. The van der Waals surface area contributed by atoms with Gasteiger partial charge < -0.3 is 5.32 Å². The van der Waals surface area contributed by atoms with Crippen molar-refractivity contribution in [2.45, 2.75) is 0 Å². The maximum atomic E-state index is 13.0. The Labute approximate surface area is 140 Å². The van der Waals surface area contributed by atoms with E-state index in [4.69, 9.17) is 0 Å². The molecule has 2 nitrogen and oxygen atoms in total. The Hall–Kier alpha value is -0.470. The maximum absolute atomic E-state index is 13.0. The maximum Gasteiger partial charge on any atom is 0.256 e. The predicted molar refractivity (Wildman–Crippen MR) is 88.9 cm³/mol. The molecule has 0 saturated heterocycles. The first kappa shape index (κ1) is 14.9. The zero-order valence-corrected chi connectivity index (χ0v) is 14.7. The van der Waals surface area contributed by atoms with Gasteiger partial charge in [0.15, 0.2) is 0 Å². The van der Waals surface area contributed by atoms with Crippen LogP contribution in [0.15, 0.2) is 45.3 Å². The first-order valence-corrected chi connectivity index (χ1v) is 7.85. The molecule has 0 atom stereocenters. The van der Waals surface area contributed by atoms with Crippen LogP contribution in [-0.2, 0) is 0 Å². The van der Waals surface area contributed by atoms with E-state index in [0.717, 1.165) is 3.57 Å². The van der Waals surface area contributed by atoms with Crippen LogP contribution in [0.2, 0.25) is 0 Å². The SMILES string of the molecule is O=C(Nc1ccc(F)cc1Br)c1cc(I)ccc1Br. The standard InChI is InChI=1S/C13H7Br2FINO/c14-10-3-2-8(17)6-9(10)13(19)18-12-4-1-7(16)5-11(12)15/h1-6H,(H,18,19). The highest BCUT2D eigenvalue weighted by Crippen LogP contribution is 2.25. The van der Waals surface area contributed by atoms with E-state index in [1.54, 1.807) is 6.07 Å². The van der Waals surface area contributed by atoms with E-state index in [2.05, 4.69) is 59.8 Å². The smallest absolute Gasteiger partial charge is 0.256 e. The molecule has 1 N–H and O–H groups in total. The zero-order chi connectivity index (χ0) is 14.0. The first-order chi connectivity index (χ1) is 8.97. The average molecular weight is 499 g/mol. The lowest BCUT2D eigenvalue weighted by molar-refractivity contribution is 0.102. The summed E-state index contributed by atoms with van der Waals surface area (Å²) in [6.07, 6.45) is 0. The van der Waals surface area contributed by atoms with Gasteiger partial charge in [0.2, 0.25) is 0 Å². The molecule has 2 aromatic rings. The second kappa shape index (κ2) is 6.32. The second-order valence-corrected chi connectivity index (χ2v) is 6.66. The lowest BCUT2D eigenvalue weighted by Gasteiger charge is -2.09. The Balaban J connectivity index is 2.28.